The van der Waals surface area contributed by atoms with E-state index in [2.05, 4.69) is 30.5 Å². The zero-order chi connectivity index (χ0) is 17.9. The summed E-state index contributed by atoms with van der Waals surface area (Å²) in [5, 5.41) is 9.27. The minimum atomic E-state index is -0.0230. The topological polar surface area (TPSA) is 71.8 Å². The van der Waals surface area contributed by atoms with Crippen molar-refractivity contribution in [2.24, 2.45) is 0 Å². The van der Waals surface area contributed by atoms with Crippen molar-refractivity contribution in [3.05, 3.63) is 28.8 Å². The molecule has 0 saturated heterocycles. The third-order valence-electron chi connectivity index (χ3n) is 5.02. The quantitative estimate of drug-likeness (QED) is 0.838. The number of carbonyl (C=O) groups is 1. The van der Waals surface area contributed by atoms with Gasteiger partial charge in [0.15, 0.2) is 0 Å². The molecule has 2 aliphatic rings. The third-order valence-corrected chi connectivity index (χ3v) is 7.45. The molecule has 4 rings (SSSR count). The summed E-state index contributed by atoms with van der Waals surface area (Å²) in [7, 11) is 0. The van der Waals surface area contributed by atoms with Crippen molar-refractivity contribution >= 4 is 29.0 Å². The Morgan fingerprint density at radius 2 is 2.15 bits per heavy atom. The molecule has 3 heterocycles. The second kappa shape index (κ2) is 8.10. The average Bonchev–Trinajstić information content (AvgIpc) is 3.17. The average molecular weight is 392 g/mol. The second-order valence-corrected chi connectivity index (χ2v) is 9.46. The number of aromatic nitrogens is 3. The Balaban J connectivity index is 1.28. The minimum absolute atomic E-state index is 0.0230. The van der Waals surface area contributed by atoms with Gasteiger partial charge in [-0.2, -0.15) is 0 Å². The molecule has 2 aromatic heterocycles. The van der Waals surface area contributed by atoms with Crippen molar-refractivity contribution in [2.45, 2.75) is 61.2 Å². The van der Waals surface area contributed by atoms with Crippen molar-refractivity contribution in [1.29, 1.82) is 0 Å². The fourth-order valence-electron chi connectivity index (χ4n) is 3.59. The number of thioether (sulfide) groups is 1. The largest absolute Gasteiger partial charge is 0.348 e. The third kappa shape index (κ3) is 4.29. The van der Waals surface area contributed by atoms with Crippen LogP contribution in [0, 0.1) is 6.92 Å². The van der Waals surface area contributed by atoms with E-state index in [0.717, 1.165) is 63.3 Å². The summed E-state index contributed by atoms with van der Waals surface area (Å²) < 4.78 is 3.28. The summed E-state index contributed by atoms with van der Waals surface area (Å²) in [6, 6.07) is 0.264. The Kier molecular flexibility index (Phi) is 5.61. The summed E-state index contributed by atoms with van der Waals surface area (Å²) in [4.78, 5) is 21.7. The molecule has 0 radical (unpaired) electrons. The number of carbonyl (C=O) groups excluding carboxylic acids is 1. The molecule has 0 spiro atoms. The molecule has 0 aromatic carbocycles. The van der Waals surface area contributed by atoms with E-state index in [9.17, 15) is 4.79 Å². The van der Waals surface area contributed by atoms with Crippen LogP contribution >= 0.6 is 23.1 Å². The number of amides is 1. The number of hydrogen-bond acceptors (Lipinski definition) is 6. The standard InChI is InChI=1S/C18H25N5OS2/c1-12-11-25-18(20-12)26-14-4-2-13(3-5-14)21-17(24)15-10-23-9-8-19-7-6-16(23)22-15/h10-11,13-14,19H,2-9H2,1H3,(H,21,24). The highest BCUT2D eigenvalue weighted by molar-refractivity contribution is 8.01. The number of nitrogens with one attached hydrogen (secondary N) is 2. The van der Waals surface area contributed by atoms with Gasteiger partial charge in [-0.1, -0.05) is 11.8 Å². The number of nitrogens with zero attached hydrogens (tertiary/aromatic N) is 3. The summed E-state index contributed by atoms with van der Waals surface area (Å²) >= 11 is 3.63. The zero-order valence-electron chi connectivity index (χ0n) is 15.0. The highest BCUT2D eigenvalue weighted by Crippen LogP contribution is 2.35. The number of imidazole rings is 1. The zero-order valence-corrected chi connectivity index (χ0v) is 16.7. The highest BCUT2D eigenvalue weighted by atomic mass is 32.2. The number of rotatable bonds is 4. The lowest BCUT2D eigenvalue weighted by molar-refractivity contribution is 0.0923. The Morgan fingerprint density at radius 3 is 2.92 bits per heavy atom. The van der Waals surface area contributed by atoms with Crippen LogP contribution in [0.5, 0.6) is 0 Å². The lowest BCUT2D eigenvalue weighted by Crippen LogP contribution is -2.38. The van der Waals surface area contributed by atoms with Crippen molar-refractivity contribution in [1.82, 2.24) is 25.2 Å². The van der Waals surface area contributed by atoms with Crippen LogP contribution in [0.4, 0.5) is 0 Å². The minimum Gasteiger partial charge on any atom is -0.348 e. The van der Waals surface area contributed by atoms with Gasteiger partial charge in [0.1, 0.15) is 15.9 Å². The lowest BCUT2D eigenvalue weighted by atomic mass is 9.95. The summed E-state index contributed by atoms with van der Waals surface area (Å²) in [6.07, 6.45) is 7.10. The maximum atomic E-state index is 12.6. The SMILES string of the molecule is Cc1csc(SC2CCC(NC(=O)c3cn4c(n3)CCNCC4)CC2)n1. The van der Waals surface area contributed by atoms with Gasteiger partial charge in [-0.25, -0.2) is 9.97 Å². The first-order chi connectivity index (χ1) is 12.7. The Bertz CT molecular complexity index is 740. The van der Waals surface area contributed by atoms with Gasteiger partial charge in [0, 0.05) is 54.6 Å². The van der Waals surface area contributed by atoms with Gasteiger partial charge in [-0.3, -0.25) is 4.79 Å². The molecular weight excluding hydrogens is 366 g/mol. The maximum Gasteiger partial charge on any atom is 0.271 e. The highest BCUT2D eigenvalue weighted by Gasteiger charge is 2.25. The van der Waals surface area contributed by atoms with Gasteiger partial charge in [0.2, 0.25) is 0 Å². The van der Waals surface area contributed by atoms with E-state index < -0.39 is 0 Å². The van der Waals surface area contributed by atoms with E-state index in [-0.39, 0.29) is 11.9 Å². The summed E-state index contributed by atoms with van der Waals surface area (Å²) in [5.41, 5.74) is 1.67. The number of aryl methyl sites for hydroxylation is 1. The van der Waals surface area contributed by atoms with Crippen LogP contribution in [0.1, 0.15) is 47.7 Å². The van der Waals surface area contributed by atoms with Crippen LogP contribution in [0.3, 0.4) is 0 Å². The first-order valence-corrected chi connectivity index (χ1v) is 11.1. The van der Waals surface area contributed by atoms with E-state index in [1.807, 2.05) is 24.9 Å². The predicted molar refractivity (Wildman–Crippen MR) is 105 cm³/mol. The van der Waals surface area contributed by atoms with Crippen LogP contribution in [0.15, 0.2) is 15.9 Å². The Labute approximate surface area is 162 Å². The van der Waals surface area contributed by atoms with Gasteiger partial charge < -0.3 is 15.2 Å². The Morgan fingerprint density at radius 1 is 1.31 bits per heavy atom. The van der Waals surface area contributed by atoms with Crippen molar-refractivity contribution < 1.29 is 4.79 Å². The molecule has 1 aliphatic heterocycles. The number of fused-ring (bicyclic) bond motifs is 1. The normalized spacial score (nSPS) is 23.3. The Hall–Kier alpha value is -1.38. The number of thiazole rings is 1. The summed E-state index contributed by atoms with van der Waals surface area (Å²) in [6.45, 7) is 4.79. The van der Waals surface area contributed by atoms with E-state index in [4.69, 9.17) is 0 Å². The molecule has 0 unspecified atom stereocenters. The van der Waals surface area contributed by atoms with E-state index >= 15 is 0 Å². The lowest BCUT2D eigenvalue weighted by Gasteiger charge is -2.28. The smallest absolute Gasteiger partial charge is 0.271 e. The summed E-state index contributed by atoms with van der Waals surface area (Å²) in [5.74, 6) is 0.990. The van der Waals surface area contributed by atoms with Gasteiger partial charge in [-0.05, 0) is 32.6 Å². The van der Waals surface area contributed by atoms with Gasteiger partial charge in [0.25, 0.3) is 5.91 Å². The van der Waals surface area contributed by atoms with Crippen LogP contribution < -0.4 is 10.6 Å². The van der Waals surface area contributed by atoms with Gasteiger partial charge in [-0.15, -0.1) is 11.3 Å². The van der Waals surface area contributed by atoms with Crippen molar-refractivity contribution in [3.8, 4) is 0 Å². The molecule has 2 aromatic rings. The van der Waals surface area contributed by atoms with E-state index in [1.54, 1.807) is 11.3 Å². The van der Waals surface area contributed by atoms with E-state index in [1.165, 1.54) is 4.34 Å². The van der Waals surface area contributed by atoms with Crippen molar-refractivity contribution in [2.75, 3.05) is 13.1 Å². The number of hydrogen-bond donors (Lipinski definition) is 2. The molecule has 2 N–H and O–H groups in total. The monoisotopic (exact) mass is 391 g/mol. The molecule has 6 nitrogen and oxygen atoms in total. The molecule has 8 heteroatoms. The molecule has 140 valence electrons. The first-order valence-electron chi connectivity index (χ1n) is 9.34. The molecular formula is C18H25N5OS2. The van der Waals surface area contributed by atoms with Crippen LogP contribution in [0.25, 0.3) is 0 Å². The van der Waals surface area contributed by atoms with E-state index in [0.29, 0.717) is 10.9 Å². The fourth-order valence-corrected chi connectivity index (χ4v) is 5.88. The second-order valence-electron chi connectivity index (χ2n) is 7.06. The van der Waals surface area contributed by atoms with Crippen molar-refractivity contribution in [3.63, 3.8) is 0 Å². The fraction of sp³-hybridized carbons (Fsp3) is 0.611. The van der Waals surface area contributed by atoms with Gasteiger partial charge in [0.05, 0.1) is 0 Å². The van der Waals surface area contributed by atoms with Crippen LogP contribution in [-0.2, 0) is 13.0 Å². The molecule has 1 saturated carbocycles. The predicted octanol–water partition coefficient (Wildman–Crippen LogP) is 2.63. The molecule has 0 atom stereocenters. The maximum absolute atomic E-state index is 12.6. The molecule has 26 heavy (non-hydrogen) atoms. The molecule has 0 bridgehead atoms. The molecule has 1 amide bonds. The molecule has 1 fully saturated rings. The van der Waals surface area contributed by atoms with Gasteiger partial charge >= 0.3 is 0 Å². The first kappa shape index (κ1) is 18.0. The van der Waals surface area contributed by atoms with Crippen LogP contribution in [0.2, 0.25) is 0 Å². The van der Waals surface area contributed by atoms with Crippen LogP contribution in [-0.4, -0.2) is 44.8 Å². The molecule has 1 aliphatic carbocycles.